The molecule has 0 aromatic heterocycles. The zero-order chi connectivity index (χ0) is 34.3. The molecule has 0 heterocycles. The number of benzene rings is 4. The Bertz CT molecular complexity index is 1770. The van der Waals surface area contributed by atoms with Crippen molar-refractivity contribution in [2.75, 3.05) is 17.1 Å². The molecule has 0 unspecified atom stereocenters. The summed E-state index contributed by atoms with van der Waals surface area (Å²) in [4.78, 5) is 16.6. The average molecular weight is 680 g/mol. The van der Waals surface area contributed by atoms with Gasteiger partial charge in [0.2, 0.25) is 10.0 Å². The van der Waals surface area contributed by atoms with E-state index in [2.05, 4.69) is 5.32 Å². The molecule has 1 amide bonds. The minimum Gasteiger partial charge on any atom is -0.390 e. The Morgan fingerprint density at radius 1 is 0.875 bits per heavy atom. The van der Waals surface area contributed by atoms with Crippen LogP contribution in [0.25, 0.3) is 0 Å². The molecule has 1 saturated carbocycles. The van der Waals surface area contributed by atoms with Gasteiger partial charge in [0, 0.05) is 19.1 Å². The minimum atomic E-state index is -4.47. The second kappa shape index (κ2) is 15.4. The fourth-order valence-electron chi connectivity index (χ4n) is 6.45. The molecule has 0 saturated heterocycles. The second-order valence-electron chi connectivity index (χ2n) is 12.2. The summed E-state index contributed by atoms with van der Waals surface area (Å²) in [5.41, 5.74) is 1.32. The fourth-order valence-corrected chi connectivity index (χ4v) is 7.47. The van der Waals surface area contributed by atoms with Gasteiger partial charge in [-0.2, -0.15) is 13.2 Å². The normalized spacial score (nSPS) is 15.2. The van der Waals surface area contributed by atoms with Crippen LogP contribution >= 0.6 is 0 Å². The van der Waals surface area contributed by atoms with Gasteiger partial charge in [0.25, 0.3) is 5.91 Å². The number of sulfonamides is 1. The summed E-state index contributed by atoms with van der Waals surface area (Å²) in [6.07, 6.45) is -0.930. The quantitative estimate of drug-likeness (QED) is 0.160. The molecule has 5 rings (SSSR count). The van der Waals surface area contributed by atoms with E-state index in [1.807, 2.05) is 30.3 Å². The topological polar surface area (TPSA) is 90.0 Å². The minimum absolute atomic E-state index is 0.00533. The lowest BCUT2D eigenvalue weighted by Gasteiger charge is -2.40. The highest BCUT2D eigenvalue weighted by atomic mass is 32.2. The third-order valence-electron chi connectivity index (χ3n) is 8.65. The Labute approximate surface area is 280 Å². The van der Waals surface area contributed by atoms with Crippen LogP contribution in [0.15, 0.2) is 109 Å². The smallest absolute Gasteiger partial charge is 0.390 e. The third kappa shape index (κ3) is 8.63. The molecule has 0 radical (unpaired) electrons. The Kier molecular flexibility index (Phi) is 11.2. The van der Waals surface area contributed by atoms with Crippen LogP contribution in [-0.2, 0) is 29.2 Å². The molecular formula is C37H40F3N3O4S. The highest BCUT2D eigenvalue weighted by Gasteiger charge is 2.38. The van der Waals surface area contributed by atoms with Crippen molar-refractivity contribution in [2.45, 2.75) is 63.0 Å². The maximum Gasteiger partial charge on any atom is 0.416 e. The molecule has 7 nitrogen and oxygen atoms in total. The molecule has 48 heavy (non-hydrogen) atoms. The number of hydrogen-bond acceptors (Lipinski definition) is 5. The first-order valence-corrected chi connectivity index (χ1v) is 17.8. The molecule has 0 spiro atoms. The van der Waals surface area contributed by atoms with Crippen LogP contribution in [0, 0.1) is 0 Å². The van der Waals surface area contributed by atoms with Crippen LogP contribution in [0.1, 0.15) is 52.7 Å². The van der Waals surface area contributed by atoms with E-state index in [-0.39, 0.29) is 30.4 Å². The first kappa shape index (κ1) is 35.1. The maximum atomic E-state index is 14.8. The van der Waals surface area contributed by atoms with Crippen molar-refractivity contribution in [1.29, 1.82) is 0 Å². The molecule has 4 aromatic rings. The van der Waals surface area contributed by atoms with E-state index in [9.17, 15) is 31.5 Å². The SMILES string of the molecule is CS(=O)(=O)N(c1ccccc1)c1ccccc1C(=O)N(C1CCCC1)[C@@H](Cc1ccccc1)[C@H](O)CNCc1cccc(C(F)(F)F)c1. The van der Waals surface area contributed by atoms with Crippen molar-refractivity contribution in [3.63, 3.8) is 0 Å². The summed E-state index contributed by atoms with van der Waals surface area (Å²) in [6.45, 7) is 0.0883. The number of nitrogens with zero attached hydrogens (tertiary/aromatic N) is 2. The van der Waals surface area contributed by atoms with E-state index in [0.29, 0.717) is 17.7 Å². The van der Waals surface area contributed by atoms with Crippen molar-refractivity contribution in [2.24, 2.45) is 0 Å². The maximum absolute atomic E-state index is 14.8. The van der Waals surface area contributed by atoms with E-state index in [1.54, 1.807) is 65.6 Å². The average Bonchev–Trinajstić information content (AvgIpc) is 3.59. The van der Waals surface area contributed by atoms with Crippen LogP contribution in [0.5, 0.6) is 0 Å². The van der Waals surface area contributed by atoms with Crippen molar-refractivity contribution in [3.05, 3.63) is 131 Å². The highest BCUT2D eigenvalue weighted by molar-refractivity contribution is 7.92. The molecule has 1 fully saturated rings. The van der Waals surface area contributed by atoms with E-state index in [4.69, 9.17) is 0 Å². The Morgan fingerprint density at radius 3 is 2.12 bits per heavy atom. The lowest BCUT2D eigenvalue weighted by atomic mass is 9.95. The highest BCUT2D eigenvalue weighted by Crippen LogP contribution is 2.35. The zero-order valence-corrected chi connectivity index (χ0v) is 27.5. The van der Waals surface area contributed by atoms with Crippen LogP contribution in [-0.4, -0.2) is 55.3 Å². The molecule has 0 aliphatic heterocycles. The molecule has 2 atom stereocenters. The van der Waals surface area contributed by atoms with Crippen molar-refractivity contribution in [1.82, 2.24) is 10.2 Å². The summed E-state index contributed by atoms with van der Waals surface area (Å²) in [5, 5.41) is 14.9. The lowest BCUT2D eigenvalue weighted by molar-refractivity contribution is -0.137. The van der Waals surface area contributed by atoms with Gasteiger partial charge < -0.3 is 15.3 Å². The standard InChI is InChI=1S/C37H40F3N3O4S/c1-48(46,47)43(31-19-6-3-7-20-31)33-22-11-10-21-32(33)36(45)42(30-17-8-9-18-30)34(24-27-13-4-2-5-14-27)35(44)26-41-25-28-15-12-16-29(23-28)37(38,39)40/h2-7,10-16,19-23,30,34-35,41,44H,8-9,17-18,24-26H2,1H3/t34-,35+/m0/s1. The molecule has 2 N–H and O–H groups in total. The Morgan fingerprint density at radius 2 is 1.48 bits per heavy atom. The number of nitrogens with one attached hydrogen (secondary N) is 1. The lowest BCUT2D eigenvalue weighted by Crippen LogP contribution is -2.55. The summed E-state index contributed by atoms with van der Waals surface area (Å²) in [7, 11) is -3.87. The number of aliphatic hydroxyl groups is 1. The van der Waals surface area contributed by atoms with Gasteiger partial charge in [-0.05, 0) is 60.7 Å². The van der Waals surface area contributed by atoms with Crippen LogP contribution < -0.4 is 9.62 Å². The van der Waals surface area contributed by atoms with E-state index in [1.165, 1.54) is 6.07 Å². The number of anilines is 2. The van der Waals surface area contributed by atoms with E-state index < -0.39 is 39.8 Å². The van der Waals surface area contributed by atoms with Crippen molar-refractivity contribution < 1.29 is 31.5 Å². The number of para-hydroxylation sites is 2. The molecule has 0 bridgehead atoms. The van der Waals surface area contributed by atoms with Crippen molar-refractivity contribution in [3.8, 4) is 0 Å². The van der Waals surface area contributed by atoms with Crippen LogP contribution in [0.4, 0.5) is 24.5 Å². The molecule has 1 aliphatic carbocycles. The molecule has 254 valence electrons. The Hall–Kier alpha value is -4.19. The first-order valence-electron chi connectivity index (χ1n) is 16.0. The van der Waals surface area contributed by atoms with Gasteiger partial charge in [0.15, 0.2) is 0 Å². The number of rotatable bonds is 13. The first-order chi connectivity index (χ1) is 22.9. The summed E-state index contributed by atoms with van der Waals surface area (Å²) in [5.74, 6) is -0.403. The number of halogens is 3. The fraction of sp³-hybridized carbons (Fsp3) is 0.324. The van der Waals surface area contributed by atoms with E-state index >= 15 is 0 Å². The number of aliphatic hydroxyl groups excluding tert-OH is 1. The van der Waals surface area contributed by atoms with Gasteiger partial charge in [0.05, 0.1) is 40.9 Å². The van der Waals surface area contributed by atoms with Crippen LogP contribution in [0.2, 0.25) is 0 Å². The third-order valence-corrected chi connectivity index (χ3v) is 9.73. The van der Waals surface area contributed by atoms with E-state index in [0.717, 1.165) is 53.9 Å². The second-order valence-corrected chi connectivity index (χ2v) is 14.0. The van der Waals surface area contributed by atoms with Gasteiger partial charge in [-0.15, -0.1) is 0 Å². The largest absolute Gasteiger partial charge is 0.416 e. The zero-order valence-electron chi connectivity index (χ0n) is 26.7. The van der Waals surface area contributed by atoms with Crippen molar-refractivity contribution >= 4 is 27.3 Å². The van der Waals surface area contributed by atoms with Gasteiger partial charge in [0.1, 0.15) is 0 Å². The number of carbonyl (C=O) groups is 1. The molecule has 11 heteroatoms. The predicted molar refractivity (Wildman–Crippen MR) is 181 cm³/mol. The number of hydrogen-bond donors (Lipinski definition) is 2. The summed E-state index contributed by atoms with van der Waals surface area (Å²) >= 11 is 0. The summed E-state index contributed by atoms with van der Waals surface area (Å²) in [6, 6.07) is 28.7. The molecule has 4 aromatic carbocycles. The van der Waals surface area contributed by atoms with Crippen LogP contribution in [0.3, 0.4) is 0 Å². The number of amides is 1. The van der Waals surface area contributed by atoms with Gasteiger partial charge in [-0.1, -0.05) is 91.7 Å². The molecule has 1 aliphatic rings. The number of alkyl halides is 3. The molecular weight excluding hydrogens is 639 g/mol. The van der Waals surface area contributed by atoms with Gasteiger partial charge in [-0.3, -0.25) is 4.79 Å². The summed E-state index contributed by atoms with van der Waals surface area (Å²) < 4.78 is 67.5. The number of carbonyl (C=O) groups excluding carboxylic acids is 1. The van der Waals surface area contributed by atoms with Gasteiger partial charge in [-0.25, -0.2) is 12.7 Å². The monoisotopic (exact) mass is 679 g/mol. The predicted octanol–water partition coefficient (Wildman–Crippen LogP) is 6.95. The Balaban J connectivity index is 1.50. The van der Waals surface area contributed by atoms with Gasteiger partial charge >= 0.3 is 6.18 Å².